The van der Waals surface area contributed by atoms with E-state index in [2.05, 4.69) is 17.1 Å². The van der Waals surface area contributed by atoms with Crippen LogP contribution < -0.4 is 5.32 Å². The molecular weight excluding hydrogens is 292 g/mol. The molecule has 0 radical (unpaired) electrons. The third kappa shape index (κ3) is 4.46. The largest absolute Gasteiger partial charge is 0.393 e. The molecule has 0 aromatic carbocycles. The van der Waals surface area contributed by atoms with E-state index in [1.165, 1.54) is 12.8 Å². The van der Waals surface area contributed by atoms with Crippen molar-refractivity contribution in [2.75, 3.05) is 26.3 Å². The number of aliphatic hydroxyl groups excluding tert-OH is 1. The standard InChI is InChI=1S/C18H32N2O3/c1-13-5-7-14(8-6-13)19-18(22)11-20-9-10-23-12-16(20)15-3-2-4-17(15)21/h13-17,21H,2-12H2,1H3,(H,19,22)/t13?,14?,15-,16-,17-/m1/s1. The molecule has 2 N–H and O–H groups in total. The van der Waals surface area contributed by atoms with Crippen LogP contribution >= 0.6 is 0 Å². The van der Waals surface area contributed by atoms with E-state index in [4.69, 9.17) is 4.74 Å². The second kappa shape index (κ2) is 7.95. The van der Waals surface area contributed by atoms with E-state index in [0.29, 0.717) is 25.8 Å². The maximum atomic E-state index is 12.4. The van der Waals surface area contributed by atoms with Gasteiger partial charge in [0.15, 0.2) is 0 Å². The third-order valence-corrected chi connectivity index (χ3v) is 6.03. The fourth-order valence-electron chi connectivity index (χ4n) is 4.53. The summed E-state index contributed by atoms with van der Waals surface area (Å²) in [5.74, 6) is 1.21. The number of nitrogens with zero attached hydrogens (tertiary/aromatic N) is 1. The van der Waals surface area contributed by atoms with Gasteiger partial charge in [0.2, 0.25) is 5.91 Å². The summed E-state index contributed by atoms with van der Waals surface area (Å²) in [4.78, 5) is 14.7. The average Bonchev–Trinajstić information content (AvgIpc) is 2.96. The Hall–Kier alpha value is -0.650. The molecule has 5 heteroatoms. The number of hydrogen-bond acceptors (Lipinski definition) is 4. The first kappa shape index (κ1) is 17.2. The number of morpholine rings is 1. The molecule has 3 rings (SSSR count). The van der Waals surface area contributed by atoms with Crippen LogP contribution in [0.25, 0.3) is 0 Å². The number of rotatable bonds is 4. The zero-order chi connectivity index (χ0) is 16.2. The van der Waals surface area contributed by atoms with Crippen molar-refractivity contribution >= 4 is 5.91 Å². The number of amides is 1. The number of carbonyl (C=O) groups is 1. The summed E-state index contributed by atoms with van der Waals surface area (Å²) in [6.45, 7) is 4.87. The van der Waals surface area contributed by atoms with Crippen LogP contribution in [0.3, 0.4) is 0 Å². The molecule has 1 aliphatic heterocycles. The summed E-state index contributed by atoms with van der Waals surface area (Å²) >= 11 is 0. The molecule has 3 aliphatic rings. The van der Waals surface area contributed by atoms with Crippen LogP contribution in [0.5, 0.6) is 0 Å². The second-order valence-corrected chi connectivity index (χ2v) is 7.80. The molecule has 0 aromatic rings. The summed E-state index contributed by atoms with van der Waals surface area (Å²) in [7, 11) is 0. The van der Waals surface area contributed by atoms with Gasteiger partial charge < -0.3 is 15.2 Å². The van der Waals surface area contributed by atoms with Gasteiger partial charge in [0.25, 0.3) is 0 Å². The quantitative estimate of drug-likeness (QED) is 0.823. The van der Waals surface area contributed by atoms with Gasteiger partial charge in [-0.2, -0.15) is 0 Å². The van der Waals surface area contributed by atoms with E-state index in [9.17, 15) is 9.90 Å². The summed E-state index contributed by atoms with van der Waals surface area (Å²) in [6.07, 6.45) is 7.46. The SMILES string of the molecule is CC1CCC(NC(=O)CN2CCOC[C@@H]2[C@H]2CCC[C@H]2O)CC1. The fourth-order valence-corrected chi connectivity index (χ4v) is 4.53. The minimum atomic E-state index is -0.230. The van der Waals surface area contributed by atoms with Gasteiger partial charge in [0, 0.05) is 24.5 Å². The number of ether oxygens (including phenoxy) is 1. The van der Waals surface area contributed by atoms with Crippen molar-refractivity contribution in [3.8, 4) is 0 Å². The number of aliphatic hydroxyl groups is 1. The Morgan fingerprint density at radius 1 is 1.22 bits per heavy atom. The fraction of sp³-hybridized carbons (Fsp3) is 0.944. The molecule has 23 heavy (non-hydrogen) atoms. The highest BCUT2D eigenvalue weighted by atomic mass is 16.5. The highest BCUT2D eigenvalue weighted by Crippen LogP contribution is 2.32. The van der Waals surface area contributed by atoms with Crippen molar-refractivity contribution in [1.82, 2.24) is 10.2 Å². The Morgan fingerprint density at radius 3 is 2.70 bits per heavy atom. The molecule has 1 heterocycles. The van der Waals surface area contributed by atoms with Crippen LogP contribution in [0.4, 0.5) is 0 Å². The van der Waals surface area contributed by atoms with Crippen molar-refractivity contribution < 1.29 is 14.6 Å². The van der Waals surface area contributed by atoms with E-state index in [-0.39, 0.29) is 24.0 Å². The van der Waals surface area contributed by atoms with Gasteiger partial charge >= 0.3 is 0 Å². The smallest absolute Gasteiger partial charge is 0.234 e. The van der Waals surface area contributed by atoms with Crippen LogP contribution in [-0.2, 0) is 9.53 Å². The maximum Gasteiger partial charge on any atom is 0.234 e. The van der Waals surface area contributed by atoms with Gasteiger partial charge in [-0.3, -0.25) is 9.69 Å². The number of carbonyl (C=O) groups excluding carboxylic acids is 1. The number of hydrogen-bond donors (Lipinski definition) is 2. The van der Waals surface area contributed by atoms with Gasteiger partial charge in [0.1, 0.15) is 0 Å². The molecule has 2 saturated carbocycles. The Bertz CT molecular complexity index is 396. The second-order valence-electron chi connectivity index (χ2n) is 7.80. The molecule has 132 valence electrons. The van der Waals surface area contributed by atoms with Crippen LogP contribution in [-0.4, -0.2) is 60.4 Å². The highest BCUT2D eigenvalue weighted by molar-refractivity contribution is 5.78. The first-order valence-corrected chi connectivity index (χ1v) is 9.42. The Labute approximate surface area is 139 Å². The van der Waals surface area contributed by atoms with Crippen molar-refractivity contribution in [2.45, 2.75) is 70.1 Å². The van der Waals surface area contributed by atoms with Crippen LogP contribution in [0, 0.1) is 11.8 Å². The molecule has 0 aromatic heterocycles. The lowest BCUT2D eigenvalue weighted by atomic mass is 9.87. The molecule has 2 aliphatic carbocycles. The molecular formula is C18H32N2O3. The Kier molecular flexibility index (Phi) is 5.94. The van der Waals surface area contributed by atoms with Gasteiger partial charge in [-0.05, 0) is 44.4 Å². The van der Waals surface area contributed by atoms with E-state index >= 15 is 0 Å². The molecule has 0 unspecified atom stereocenters. The van der Waals surface area contributed by atoms with Gasteiger partial charge in [0.05, 0.1) is 25.9 Å². The zero-order valence-electron chi connectivity index (χ0n) is 14.4. The van der Waals surface area contributed by atoms with Gasteiger partial charge in [-0.1, -0.05) is 13.3 Å². The molecule has 5 nitrogen and oxygen atoms in total. The van der Waals surface area contributed by atoms with Crippen LogP contribution in [0.2, 0.25) is 0 Å². The minimum absolute atomic E-state index is 0.143. The minimum Gasteiger partial charge on any atom is -0.393 e. The predicted molar refractivity (Wildman–Crippen MR) is 89.1 cm³/mol. The predicted octanol–water partition coefficient (Wildman–Crippen LogP) is 1.54. The third-order valence-electron chi connectivity index (χ3n) is 6.03. The topological polar surface area (TPSA) is 61.8 Å². The van der Waals surface area contributed by atoms with Crippen LogP contribution in [0.1, 0.15) is 51.9 Å². The maximum absolute atomic E-state index is 12.4. The van der Waals surface area contributed by atoms with Crippen molar-refractivity contribution in [2.24, 2.45) is 11.8 Å². The summed E-state index contributed by atoms with van der Waals surface area (Å²) in [6, 6.07) is 0.550. The summed E-state index contributed by atoms with van der Waals surface area (Å²) < 4.78 is 5.63. The molecule has 1 amide bonds. The van der Waals surface area contributed by atoms with E-state index in [1.807, 2.05) is 0 Å². The summed E-state index contributed by atoms with van der Waals surface area (Å²) in [5, 5.41) is 13.4. The monoisotopic (exact) mass is 324 g/mol. The summed E-state index contributed by atoms with van der Waals surface area (Å²) in [5.41, 5.74) is 0. The molecule has 1 saturated heterocycles. The first-order valence-electron chi connectivity index (χ1n) is 9.42. The lowest BCUT2D eigenvalue weighted by molar-refractivity contribution is -0.127. The average molecular weight is 324 g/mol. The Morgan fingerprint density at radius 2 is 2.00 bits per heavy atom. The van der Waals surface area contributed by atoms with E-state index in [1.54, 1.807) is 0 Å². The first-order chi connectivity index (χ1) is 11.1. The Balaban J connectivity index is 1.51. The zero-order valence-corrected chi connectivity index (χ0v) is 14.4. The lowest BCUT2D eigenvalue weighted by Gasteiger charge is -2.40. The van der Waals surface area contributed by atoms with Crippen molar-refractivity contribution in [3.63, 3.8) is 0 Å². The van der Waals surface area contributed by atoms with Crippen LogP contribution in [0.15, 0.2) is 0 Å². The van der Waals surface area contributed by atoms with Crippen molar-refractivity contribution in [1.29, 1.82) is 0 Å². The molecule has 0 bridgehead atoms. The molecule has 3 fully saturated rings. The lowest BCUT2D eigenvalue weighted by Crippen LogP contribution is -2.54. The normalized spacial score (nSPS) is 39.3. The molecule has 3 atom stereocenters. The van der Waals surface area contributed by atoms with E-state index in [0.717, 1.165) is 44.6 Å². The molecule has 0 spiro atoms. The van der Waals surface area contributed by atoms with E-state index < -0.39 is 0 Å². The highest BCUT2D eigenvalue weighted by Gasteiger charge is 2.38. The van der Waals surface area contributed by atoms with Gasteiger partial charge in [-0.25, -0.2) is 0 Å². The number of nitrogens with one attached hydrogen (secondary N) is 1. The van der Waals surface area contributed by atoms with Gasteiger partial charge in [-0.15, -0.1) is 0 Å². The van der Waals surface area contributed by atoms with Crippen molar-refractivity contribution in [3.05, 3.63) is 0 Å².